The lowest BCUT2D eigenvalue weighted by molar-refractivity contribution is -0.135. The zero-order chi connectivity index (χ0) is 21.5. The van der Waals surface area contributed by atoms with Gasteiger partial charge >= 0.3 is 0 Å². The highest BCUT2D eigenvalue weighted by Gasteiger charge is 2.31. The SMILES string of the molecule is CN=C(NCC(CC(C)C)N1CCCC1)N1CCN(C(C)C(=O)N2CCCC2)CC1.I. The normalized spacial score (nSPS) is 23.2. The number of rotatable bonds is 7. The third-order valence-corrected chi connectivity index (χ3v) is 7.04. The average molecular weight is 549 g/mol. The summed E-state index contributed by atoms with van der Waals surface area (Å²) in [4.78, 5) is 26.7. The van der Waals surface area contributed by atoms with E-state index < -0.39 is 0 Å². The number of piperazine rings is 1. The summed E-state index contributed by atoms with van der Waals surface area (Å²) < 4.78 is 0. The van der Waals surface area contributed by atoms with Gasteiger partial charge in [-0.1, -0.05) is 13.8 Å². The van der Waals surface area contributed by atoms with Crippen molar-refractivity contribution in [2.45, 2.75) is 65.0 Å². The summed E-state index contributed by atoms with van der Waals surface area (Å²) in [6, 6.07) is 0.578. The number of carbonyl (C=O) groups is 1. The molecule has 0 aliphatic carbocycles. The molecule has 1 N–H and O–H groups in total. The molecule has 3 fully saturated rings. The van der Waals surface area contributed by atoms with E-state index in [1.54, 1.807) is 0 Å². The highest BCUT2D eigenvalue weighted by Crippen LogP contribution is 2.18. The molecular formula is C23H45IN6O. The van der Waals surface area contributed by atoms with Gasteiger partial charge in [-0.05, 0) is 58.0 Å². The largest absolute Gasteiger partial charge is 0.355 e. The van der Waals surface area contributed by atoms with E-state index in [1.165, 1.54) is 32.4 Å². The predicted octanol–water partition coefficient (Wildman–Crippen LogP) is 2.32. The zero-order valence-electron chi connectivity index (χ0n) is 20.2. The highest BCUT2D eigenvalue weighted by molar-refractivity contribution is 14.0. The molecular weight excluding hydrogens is 503 g/mol. The van der Waals surface area contributed by atoms with Crippen LogP contribution in [0.4, 0.5) is 0 Å². The maximum absolute atomic E-state index is 12.7. The number of guanidine groups is 1. The molecule has 1 amide bonds. The molecule has 3 aliphatic rings. The highest BCUT2D eigenvalue weighted by atomic mass is 127. The van der Waals surface area contributed by atoms with Crippen LogP contribution in [0.25, 0.3) is 0 Å². The standard InChI is InChI=1S/C23H44N6O.HI/c1-19(2)17-21(27-9-5-6-10-27)18-25-23(24-4)29-15-13-26(14-16-29)20(3)22(30)28-11-7-8-12-28;/h19-21H,5-18H2,1-4H3,(H,24,25);1H. The van der Waals surface area contributed by atoms with Crippen molar-refractivity contribution in [3.63, 3.8) is 0 Å². The summed E-state index contributed by atoms with van der Waals surface area (Å²) >= 11 is 0. The summed E-state index contributed by atoms with van der Waals surface area (Å²) in [6.45, 7) is 15.7. The Morgan fingerprint density at radius 3 is 1.97 bits per heavy atom. The summed E-state index contributed by atoms with van der Waals surface area (Å²) in [6.07, 6.45) is 6.21. The van der Waals surface area contributed by atoms with Gasteiger partial charge in [0.1, 0.15) is 0 Å². The molecule has 0 aromatic heterocycles. The van der Waals surface area contributed by atoms with Crippen LogP contribution in [-0.4, -0.2) is 110 Å². The number of aliphatic imine (C=N–C) groups is 1. The molecule has 31 heavy (non-hydrogen) atoms. The second kappa shape index (κ2) is 13.2. The second-order valence-corrected chi connectivity index (χ2v) is 9.69. The van der Waals surface area contributed by atoms with Crippen LogP contribution < -0.4 is 5.32 Å². The molecule has 3 aliphatic heterocycles. The van der Waals surface area contributed by atoms with Crippen molar-refractivity contribution in [3.05, 3.63) is 0 Å². The van der Waals surface area contributed by atoms with E-state index in [0.29, 0.717) is 17.9 Å². The molecule has 8 heteroatoms. The molecule has 0 spiro atoms. The molecule has 180 valence electrons. The van der Waals surface area contributed by atoms with Gasteiger partial charge in [-0.25, -0.2) is 0 Å². The van der Waals surface area contributed by atoms with Crippen molar-refractivity contribution in [2.75, 3.05) is 66.0 Å². The monoisotopic (exact) mass is 548 g/mol. The maximum Gasteiger partial charge on any atom is 0.239 e. The van der Waals surface area contributed by atoms with Gasteiger partial charge in [-0.2, -0.15) is 0 Å². The smallest absolute Gasteiger partial charge is 0.239 e. The van der Waals surface area contributed by atoms with Crippen LogP contribution in [0.5, 0.6) is 0 Å². The Bertz CT molecular complexity index is 566. The number of amides is 1. The van der Waals surface area contributed by atoms with Crippen molar-refractivity contribution in [2.24, 2.45) is 10.9 Å². The number of carbonyl (C=O) groups excluding carboxylic acids is 1. The van der Waals surface area contributed by atoms with E-state index in [2.05, 4.69) is 45.8 Å². The minimum atomic E-state index is -0.00851. The van der Waals surface area contributed by atoms with E-state index in [4.69, 9.17) is 0 Å². The molecule has 3 heterocycles. The van der Waals surface area contributed by atoms with Gasteiger partial charge in [0.25, 0.3) is 0 Å². The molecule has 0 saturated carbocycles. The fourth-order valence-corrected chi connectivity index (χ4v) is 5.23. The first-order valence-corrected chi connectivity index (χ1v) is 12.2. The van der Waals surface area contributed by atoms with Crippen LogP contribution in [-0.2, 0) is 4.79 Å². The van der Waals surface area contributed by atoms with E-state index in [-0.39, 0.29) is 30.0 Å². The van der Waals surface area contributed by atoms with E-state index >= 15 is 0 Å². The maximum atomic E-state index is 12.7. The lowest BCUT2D eigenvalue weighted by Gasteiger charge is -2.40. The Morgan fingerprint density at radius 2 is 1.42 bits per heavy atom. The molecule has 0 aromatic rings. The van der Waals surface area contributed by atoms with Gasteiger partial charge in [-0.3, -0.25) is 19.6 Å². The summed E-state index contributed by atoms with van der Waals surface area (Å²) in [5, 5.41) is 3.67. The van der Waals surface area contributed by atoms with Gasteiger partial charge in [0.2, 0.25) is 5.91 Å². The van der Waals surface area contributed by atoms with Crippen LogP contribution in [0.2, 0.25) is 0 Å². The van der Waals surface area contributed by atoms with Crippen molar-refractivity contribution in [1.29, 1.82) is 0 Å². The predicted molar refractivity (Wildman–Crippen MR) is 139 cm³/mol. The number of halogens is 1. The van der Waals surface area contributed by atoms with E-state index in [1.807, 2.05) is 11.9 Å². The van der Waals surface area contributed by atoms with Crippen molar-refractivity contribution in [1.82, 2.24) is 24.9 Å². The number of nitrogens with zero attached hydrogens (tertiary/aromatic N) is 5. The van der Waals surface area contributed by atoms with Gasteiger partial charge in [0.15, 0.2) is 5.96 Å². The van der Waals surface area contributed by atoms with Crippen molar-refractivity contribution in [3.8, 4) is 0 Å². The molecule has 0 radical (unpaired) electrons. The first kappa shape index (κ1) is 26.6. The topological polar surface area (TPSA) is 54.4 Å². The minimum Gasteiger partial charge on any atom is -0.355 e. The van der Waals surface area contributed by atoms with Gasteiger partial charge in [0, 0.05) is 58.9 Å². The Kier molecular flexibility index (Phi) is 11.3. The summed E-state index contributed by atoms with van der Waals surface area (Å²) in [7, 11) is 1.89. The molecule has 0 aromatic carbocycles. The number of nitrogens with one attached hydrogen (secondary N) is 1. The van der Waals surface area contributed by atoms with Crippen molar-refractivity contribution >= 4 is 35.8 Å². The Hall–Kier alpha value is -0.610. The average Bonchev–Trinajstić information content (AvgIpc) is 3.46. The zero-order valence-corrected chi connectivity index (χ0v) is 22.5. The fraction of sp³-hybridized carbons (Fsp3) is 0.913. The first-order valence-electron chi connectivity index (χ1n) is 12.2. The van der Waals surface area contributed by atoms with Crippen LogP contribution in [0.15, 0.2) is 4.99 Å². The van der Waals surface area contributed by atoms with Gasteiger partial charge in [-0.15, -0.1) is 24.0 Å². The van der Waals surface area contributed by atoms with Gasteiger partial charge in [0.05, 0.1) is 6.04 Å². The van der Waals surface area contributed by atoms with Gasteiger partial charge < -0.3 is 15.1 Å². The minimum absolute atomic E-state index is 0. The second-order valence-electron chi connectivity index (χ2n) is 9.69. The van der Waals surface area contributed by atoms with Crippen LogP contribution >= 0.6 is 24.0 Å². The lowest BCUT2D eigenvalue weighted by atomic mass is 10.0. The Labute approximate surface area is 207 Å². The Balaban J connectivity index is 0.00000341. The van der Waals surface area contributed by atoms with E-state index in [0.717, 1.165) is 64.6 Å². The number of likely N-dealkylation sites (tertiary alicyclic amines) is 2. The lowest BCUT2D eigenvalue weighted by Crippen LogP contribution is -2.57. The molecule has 7 nitrogen and oxygen atoms in total. The summed E-state index contributed by atoms with van der Waals surface area (Å²) in [5.74, 6) is 2.03. The molecule has 3 rings (SSSR count). The molecule has 2 unspecified atom stereocenters. The summed E-state index contributed by atoms with van der Waals surface area (Å²) in [5.41, 5.74) is 0. The number of hydrogen-bond donors (Lipinski definition) is 1. The molecule has 0 bridgehead atoms. The number of hydrogen-bond acceptors (Lipinski definition) is 4. The first-order chi connectivity index (χ1) is 14.5. The van der Waals surface area contributed by atoms with E-state index in [9.17, 15) is 4.79 Å². The van der Waals surface area contributed by atoms with Crippen LogP contribution in [0, 0.1) is 5.92 Å². The Morgan fingerprint density at radius 1 is 0.839 bits per heavy atom. The van der Waals surface area contributed by atoms with Crippen LogP contribution in [0.3, 0.4) is 0 Å². The fourth-order valence-electron chi connectivity index (χ4n) is 5.23. The third-order valence-electron chi connectivity index (χ3n) is 7.04. The molecule has 2 atom stereocenters. The van der Waals surface area contributed by atoms with Crippen LogP contribution in [0.1, 0.15) is 52.9 Å². The third kappa shape index (κ3) is 7.45. The van der Waals surface area contributed by atoms with Crippen molar-refractivity contribution < 1.29 is 4.79 Å². The molecule has 3 saturated heterocycles. The quantitative estimate of drug-likeness (QED) is 0.301.